The van der Waals surface area contributed by atoms with Crippen LogP contribution in [0.3, 0.4) is 0 Å². The van der Waals surface area contributed by atoms with Crippen LogP contribution in [0.1, 0.15) is 24.1 Å². The molecule has 1 aliphatic rings. The van der Waals surface area contributed by atoms with Gasteiger partial charge in [0, 0.05) is 18.7 Å². The van der Waals surface area contributed by atoms with Gasteiger partial charge in [-0.25, -0.2) is 4.39 Å². The fourth-order valence-electron chi connectivity index (χ4n) is 1.73. The van der Waals surface area contributed by atoms with Crippen LogP contribution in [0.5, 0.6) is 11.8 Å². The summed E-state index contributed by atoms with van der Waals surface area (Å²) in [6.45, 7) is 2.51. The predicted octanol–water partition coefficient (Wildman–Crippen LogP) is 3.17. The van der Waals surface area contributed by atoms with Crippen LogP contribution in [0.15, 0.2) is 28.9 Å². The zero-order valence-electron chi connectivity index (χ0n) is 10.6. The van der Waals surface area contributed by atoms with E-state index >= 15 is 0 Å². The van der Waals surface area contributed by atoms with E-state index in [4.69, 9.17) is 9.15 Å². The number of nitrogens with one attached hydrogen (secondary N) is 1. The minimum atomic E-state index is -0.345. The van der Waals surface area contributed by atoms with Gasteiger partial charge in [0.2, 0.25) is 0 Å². The Balaban J connectivity index is 1.66. The molecule has 1 saturated carbocycles. The molecule has 0 atom stereocenters. The molecule has 0 amide bonds. The molecule has 0 aliphatic heterocycles. The Kier molecular flexibility index (Phi) is 3.21. The van der Waals surface area contributed by atoms with Crippen LogP contribution in [0.4, 0.5) is 4.39 Å². The summed E-state index contributed by atoms with van der Waals surface area (Å²) < 4.78 is 23.8. The maximum absolute atomic E-state index is 13.1. The van der Waals surface area contributed by atoms with Gasteiger partial charge in [-0.3, -0.25) is 0 Å². The molecule has 0 unspecified atom stereocenters. The first kappa shape index (κ1) is 12.2. The molecular weight excluding hydrogens is 247 g/mol. The number of oxazole rings is 1. The number of hydrogen-bond donors (Lipinski definition) is 1. The molecular formula is C14H15FN2O2. The standard InChI is InChI=1S/C14H15FN2O2/c1-9-2-3-10(15)6-13(9)19-14-17-12(8-18-14)7-16-11-4-5-11/h2-3,6,8,11,16H,4-5,7H2,1H3. The normalized spacial score (nSPS) is 14.6. The van der Waals surface area contributed by atoms with Crippen molar-refractivity contribution in [2.75, 3.05) is 0 Å². The van der Waals surface area contributed by atoms with Crippen LogP contribution >= 0.6 is 0 Å². The van der Waals surface area contributed by atoms with E-state index in [0.29, 0.717) is 18.3 Å². The van der Waals surface area contributed by atoms with Crippen LogP contribution < -0.4 is 10.1 Å². The molecule has 0 bridgehead atoms. The quantitative estimate of drug-likeness (QED) is 0.899. The van der Waals surface area contributed by atoms with Gasteiger partial charge in [0.15, 0.2) is 0 Å². The van der Waals surface area contributed by atoms with E-state index in [-0.39, 0.29) is 11.9 Å². The zero-order valence-corrected chi connectivity index (χ0v) is 10.6. The Bertz CT molecular complexity index is 579. The van der Waals surface area contributed by atoms with Crippen molar-refractivity contribution in [3.05, 3.63) is 41.5 Å². The molecule has 0 radical (unpaired) electrons. The third kappa shape index (κ3) is 3.12. The molecule has 19 heavy (non-hydrogen) atoms. The van der Waals surface area contributed by atoms with E-state index in [1.54, 1.807) is 12.3 Å². The van der Waals surface area contributed by atoms with E-state index in [1.807, 2.05) is 6.92 Å². The van der Waals surface area contributed by atoms with Crippen LogP contribution in [0.25, 0.3) is 0 Å². The molecule has 5 heteroatoms. The SMILES string of the molecule is Cc1ccc(F)cc1Oc1nc(CNC2CC2)co1. The smallest absolute Gasteiger partial charge is 0.399 e. The topological polar surface area (TPSA) is 47.3 Å². The zero-order chi connectivity index (χ0) is 13.2. The van der Waals surface area contributed by atoms with Gasteiger partial charge in [0.05, 0.1) is 5.69 Å². The summed E-state index contributed by atoms with van der Waals surface area (Å²) in [7, 11) is 0. The fourth-order valence-corrected chi connectivity index (χ4v) is 1.73. The van der Waals surface area contributed by atoms with E-state index < -0.39 is 0 Å². The first-order valence-electron chi connectivity index (χ1n) is 6.32. The third-order valence-corrected chi connectivity index (χ3v) is 3.03. The highest BCUT2D eigenvalue weighted by molar-refractivity contribution is 5.34. The number of hydrogen-bond acceptors (Lipinski definition) is 4. The summed E-state index contributed by atoms with van der Waals surface area (Å²) >= 11 is 0. The molecule has 0 spiro atoms. The summed E-state index contributed by atoms with van der Waals surface area (Å²) in [6.07, 6.45) is 4.15. The molecule has 3 rings (SSSR count). The molecule has 1 heterocycles. The van der Waals surface area contributed by atoms with Gasteiger partial charge in [0.1, 0.15) is 17.8 Å². The van der Waals surface area contributed by atoms with Gasteiger partial charge >= 0.3 is 6.08 Å². The largest absolute Gasteiger partial charge is 0.417 e. The Labute approximate surface area is 110 Å². The molecule has 4 nitrogen and oxygen atoms in total. The van der Waals surface area contributed by atoms with Crippen molar-refractivity contribution >= 4 is 0 Å². The molecule has 1 aromatic carbocycles. The van der Waals surface area contributed by atoms with Crippen LogP contribution in [0, 0.1) is 12.7 Å². The Morgan fingerprint density at radius 1 is 1.47 bits per heavy atom. The lowest BCUT2D eigenvalue weighted by Crippen LogP contribution is -2.15. The van der Waals surface area contributed by atoms with Gasteiger partial charge in [0.25, 0.3) is 0 Å². The summed E-state index contributed by atoms with van der Waals surface area (Å²) in [5, 5.41) is 3.33. The Morgan fingerprint density at radius 2 is 2.32 bits per heavy atom. The maximum atomic E-state index is 13.1. The van der Waals surface area contributed by atoms with E-state index in [1.165, 1.54) is 25.0 Å². The molecule has 0 saturated heterocycles. The lowest BCUT2D eigenvalue weighted by Gasteiger charge is -2.04. The van der Waals surface area contributed by atoms with Crippen molar-refractivity contribution in [3.63, 3.8) is 0 Å². The van der Waals surface area contributed by atoms with Crippen molar-refractivity contribution in [2.24, 2.45) is 0 Å². The van der Waals surface area contributed by atoms with Crippen LogP contribution in [0.2, 0.25) is 0 Å². The Morgan fingerprint density at radius 3 is 3.11 bits per heavy atom. The summed E-state index contributed by atoms with van der Waals surface area (Å²) in [5.74, 6) is 0.0753. The maximum Gasteiger partial charge on any atom is 0.399 e. The summed E-state index contributed by atoms with van der Waals surface area (Å²) in [6, 6.07) is 4.99. The second-order valence-electron chi connectivity index (χ2n) is 4.77. The number of benzene rings is 1. The molecule has 100 valence electrons. The summed E-state index contributed by atoms with van der Waals surface area (Å²) in [4.78, 5) is 4.20. The second kappa shape index (κ2) is 5.01. The minimum absolute atomic E-state index is 0.140. The number of aromatic nitrogens is 1. The molecule has 1 N–H and O–H groups in total. The van der Waals surface area contributed by atoms with Gasteiger partial charge in [-0.1, -0.05) is 6.07 Å². The highest BCUT2D eigenvalue weighted by atomic mass is 19.1. The predicted molar refractivity (Wildman–Crippen MR) is 67.6 cm³/mol. The van der Waals surface area contributed by atoms with Crippen LogP contribution in [-0.4, -0.2) is 11.0 Å². The molecule has 1 fully saturated rings. The lowest BCUT2D eigenvalue weighted by molar-refractivity contribution is 0.328. The van der Waals surface area contributed by atoms with Crippen molar-refractivity contribution in [3.8, 4) is 11.8 Å². The highest BCUT2D eigenvalue weighted by Crippen LogP contribution is 2.25. The minimum Gasteiger partial charge on any atom is -0.417 e. The molecule has 1 aliphatic carbocycles. The monoisotopic (exact) mass is 262 g/mol. The third-order valence-electron chi connectivity index (χ3n) is 3.03. The van der Waals surface area contributed by atoms with Crippen molar-refractivity contribution in [2.45, 2.75) is 32.4 Å². The first-order valence-corrected chi connectivity index (χ1v) is 6.32. The lowest BCUT2D eigenvalue weighted by atomic mass is 10.2. The number of ether oxygens (including phenoxy) is 1. The van der Waals surface area contributed by atoms with E-state index in [9.17, 15) is 4.39 Å². The van der Waals surface area contributed by atoms with Crippen molar-refractivity contribution in [1.29, 1.82) is 0 Å². The highest BCUT2D eigenvalue weighted by Gasteiger charge is 2.20. The average molecular weight is 262 g/mol. The molecule has 2 aromatic rings. The number of aryl methyl sites for hydroxylation is 1. The van der Waals surface area contributed by atoms with Gasteiger partial charge in [-0.2, -0.15) is 4.98 Å². The second-order valence-corrected chi connectivity index (χ2v) is 4.77. The average Bonchev–Trinajstić information content (AvgIpc) is 3.12. The number of nitrogens with zero attached hydrogens (tertiary/aromatic N) is 1. The van der Waals surface area contributed by atoms with Crippen molar-refractivity contribution in [1.82, 2.24) is 10.3 Å². The van der Waals surface area contributed by atoms with E-state index in [0.717, 1.165) is 11.3 Å². The van der Waals surface area contributed by atoms with Crippen molar-refractivity contribution < 1.29 is 13.5 Å². The number of rotatable bonds is 5. The van der Waals surface area contributed by atoms with Crippen LogP contribution in [-0.2, 0) is 6.54 Å². The fraction of sp³-hybridized carbons (Fsp3) is 0.357. The van der Waals surface area contributed by atoms with E-state index in [2.05, 4.69) is 10.3 Å². The van der Waals surface area contributed by atoms with Gasteiger partial charge < -0.3 is 14.5 Å². The summed E-state index contributed by atoms with van der Waals surface area (Å²) in [5.41, 5.74) is 1.62. The van der Waals surface area contributed by atoms with Gasteiger partial charge in [-0.05, 0) is 31.4 Å². The first-order chi connectivity index (χ1) is 9.20. The number of halogens is 1. The van der Waals surface area contributed by atoms with Gasteiger partial charge in [-0.15, -0.1) is 0 Å². The molecule has 1 aromatic heterocycles. The Hall–Kier alpha value is -1.88.